The summed E-state index contributed by atoms with van der Waals surface area (Å²) >= 11 is 5.69. The third-order valence-electron chi connectivity index (χ3n) is 4.47. The number of nitrogens with zero attached hydrogens (tertiary/aromatic N) is 3. The van der Waals surface area contributed by atoms with Gasteiger partial charge in [-0.15, -0.1) is 0 Å². The van der Waals surface area contributed by atoms with E-state index < -0.39 is 61.9 Å². The van der Waals surface area contributed by atoms with Crippen molar-refractivity contribution >= 4 is 39.2 Å². The Morgan fingerprint density at radius 3 is 2.53 bits per heavy atom. The molecule has 1 aliphatic heterocycles. The zero-order valence-electron chi connectivity index (χ0n) is 15.6. The molecular formula is C17H15ClF3N5O3S. The fourth-order valence-corrected chi connectivity index (χ4v) is 4.49. The Labute approximate surface area is 174 Å². The van der Waals surface area contributed by atoms with Crippen LogP contribution in [0.5, 0.6) is 0 Å². The molecule has 0 spiro atoms. The first-order valence-electron chi connectivity index (χ1n) is 8.28. The number of hydrogen-bond donors (Lipinski definition) is 2. The van der Waals surface area contributed by atoms with Crippen LogP contribution < -0.4 is 11.1 Å². The van der Waals surface area contributed by atoms with Crippen molar-refractivity contribution in [2.24, 2.45) is 10.7 Å². The predicted octanol–water partition coefficient (Wildman–Crippen LogP) is 2.21. The first kappa shape index (κ1) is 21.8. The fourth-order valence-electron chi connectivity index (χ4n) is 2.94. The van der Waals surface area contributed by atoms with Gasteiger partial charge in [-0.25, -0.2) is 35.9 Å². The number of carbonyl (C=O) groups excluding carboxylic acids is 1. The van der Waals surface area contributed by atoms with E-state index in [-0.39, 0.29) is 10.7 Å². The number of rotatable bonds is 3. The molecule has 1 amide bonds. The third kappa shape index (κ3) is 3.79. The van der Waals surface area contributed by atoms with Crippen molar-refractivity contribution in [1.82, 2.24) is 9.29 Å². The summed E-state index contributed by atoms with van der Waals surface area (Å²) in [5, 5.41) is 2.34. The van der Waals surface area contributed by atoms with Gasteiger partial charge in [0, 0.05) is 19.3 Å². The summed E-state index contributed by atoms with van der Waals surface area (Å²) in [7, 11) is -2.96. The van der Waals surface area contributed by atoms with E-state index in [1.807, 2.05) is 0 Å². The highest BCUT2D eigenvalue weighted by Crippen LogP contribution is 2.38. The van der Waals surface area contributed by atoms with E-state index in [1.54, 1.807) is 0 Å². The van der Waals surface area contributed by atoms with Gasteiger partial charge < -0.3 is 11.1 Å². The second-order valence-electron chi connectivity index (χ2n) is 6.69. The summed E-state index contributed by atoms with van der Waals surface area (Å²) in [4.78, 5) is 19.9. The molecule has 0 bridgehead atoms. The lowest BCUT2D eigenvalue weighted by Gasteiger charge is -2.35. The molecule has 30 heavy (non-hydrogen) atoms. The second-order valence-corrected chi connectivity index (χ2v) is 9.13. The number of guanidine groups is 1. The highest BCUT2D eigenvalue weighted by atomic mass is 35.5. The largest absolute Gasteiger partial charge is 0.369 e. The first-order chi connectivity index (χ1) is 13.9. The number of sulfonamides is 1. The van der Waals surface area contributed by atoms with Gasteiger partial charge in [-0.05, 0) is 19.1 Å². The molecule has 3 rings (SSSR count). The number of halogens is 4. The van der Waals surface area contributed by atoms with Crippen LogP contribution in [0.15, 0.2) is 29.4 Å². The predicted molar refractivity (Wildman–Crippen MR) is 104 cm³/mol. The molecule has 0 saturated carbocycles. The molecule has 8 nitrogen and oxygen atoms in total. The zero-order chi connectivity index (χ0) is 22.4. The summed E-state index contributed by atoms with van der Waals surface area (Å²) in [6.07, 6.45) is 1.17. The molecule has 0 radical (unpaired) electrons. The number of benzene rings is 1. The standard InChI is InChI=1S/C17H15ClF3N5O3S/c1-17(7-30(28,29)26(2)16(22)25-17)12-13(20)9(19)5-11(14(12)21)24-15(27)10-4-3-8(18)6-23-10/h3-6H,7H2,1-2H3,(H2,22,25)(H,24,27)/t17-/m0/s1. The van der Waals surface area contributed by atoms with E-state index >= 15 is 4.39 Å². The van der Waals surface area contributed by atoms with Gasteiger partial charge >= 0.3 is 0 Å². The number of anilines is 1. The van der Waals surface area contributed by atoms with E-state index in [0.717, 1.165) is 14.0 Å². The summed E-state index contributed by atoms with van der Waals surface area (Å²) in [6, 6.07) is 3.03. The van der Waals surface area contributed by atoms with E-state index in [2.05, 4.69) is 15.3 Å². The SMILES string of the molecule is CN1C(N)=N[C@](C)(c2c(F)c(F)cc(NC(=O)c3ccc(Cl)cn3)c2F)CS1(=O)=O. The zero-order valence-corrected chi connectivity index (χ0v) is 17.2. The number of nitrogens with one attached hydrogen (secondary N) is 1. The maximum atomic E-state index is 15.2. The molecule has 2 heterocycles. The van der Waals surface area contributed by atoms with Crippen LogP contribution in [0.3, 0.4) is 0 Å². The number of nitrogens with two attached hydrogens (primary N) is 1. The second kappa shape index (κ2) is 7.43. The monoisotopic (exact) mass is 461 g/mol. The molecule has 0 saturated heterocycles. The van der Waals surface area contributed by atoms with Gasteiger partial charge in [0.05, 0.1) is 22.0 Å². The van der Waals surface area contributed by atoms with Crippen LogP contribution in [0.4, 0.5) is 18.9 Å². The molecule has 13 heteroatoms. The Morgan fingerprint density at radius 2 is 1.97 bits per heavy atom. The van der Waals surface area contributed by atoms with Gasteiger partial charge in [0.2, 0.25) is 16.0 Å². The van der Waals surface area contributed by atoms with Gasteiger partial charge in [-0.2, -0.15) is 0 Å². The van der Waals surface area contributed by atoms with Crippen LogP contribution >= 0.6 is 11.6 Å². The van der Waals surface area contributed by atoms with Gasteiger partial charge in [0.1, 0.15) is 11.2 Å². The molecule has 1 aromatic heterocycles. The van der Waals surface area contributed by atoms with Crippen LogP contribution in [-0.4, -0.2) is 42.4 Å². The van der Waals surface area contributed by atoms with Crippen LogP contribution in [0.1, 0.15) is 23.0 Å². The Hall–Kier alpha value is -2.86. The van der Waals surface area contributed by atoms with E-state index in [0.29, 0.717) is 10.4 Å². The number of carbonyl (C=O) groups is 1. The summed E-state index contributed by atoms with van der Waals surface area (Å²) in [5.74, 6) is -6.88. The van der Waals surface area contributed by atoms with Crippen molar-refractivity contribution < 1.29 is 26.4 Å². The Kier molecular flexibility index (Phi) is 5.41. The first-order valence-corrected chi connectivity index (χ1v) is 10.3. The molecule has 1 atom stereocenters. The van der Waals surface area contributed by atoms with Crippen molar-refractivity contribution in [2.75, 3.05) is 18.1 Å². The molecule has 0 fully saturated rings. The highest BCUT2D eigenvalue weighted by molar-refractivity contribution is 7.89. The number of pyridine rings is 1. The minimum Gasteiger partial charge on any atom is -0.369 e. The van der Waals surface area contributed by atoms with Gasteiger partial charge in [-0.1, -0.05) is 11.6 Å². The average Bonchev–Trinajstić information content (AvgIpc) is 2.64. The molecular weight excluding hydrogens is 447 g/mol. The number of amides is 1. The normalized spacial score (nSPS) is 20.6. The van der Waals surface area contributed by atoms with Crippen LogP contribution in [0, 0.1) is 17.5 Å². The molecule has 2 aromatic rings. The lowest BCUT2D eigenvalue weighted by atomic mass is 9.92. The van der Waals surface area contributed by atoms with Crippen molar-refractivity contribution in [3.05, 3.63) is 58.1 Å². The summed E-state index contributed by atoms with van der Waals surface area (Å²) in [6.45, 7) is 1.09. The Bertz CT molecular complexity index is 1170. The Balaban J connectivity index is 2.10. The van der Waals surface area contributed by atoms with Crippen molar-refractivity contribution in [1.29, 1.82) is 0 Å². The van der Waals surface area contributed by atoms with E-state index in [4.69, 9.17) is 17.3 Å². The van der Waals surface area contributed by atoms with E-state index in [9.17, 15) is 22.0 Å². The van der Waals surface area contributed by atoms with Crippen molar-refractivity contribution in [3.63, 3.8) is 0 Å². The fraction of sp³-hybridized carbons (Fsp3) is 0.235. The highest BCUT2D eigenvalue weighted by Gasteiger charge is 2.44. The molecule has 0 aliphatic carbocycles. The maximum absolute atomic E-state index is 15.2. The smallest absolute Gasteiger partial charge is 0.274 e. The van der Waals surface area contributed by atoms with Crippen LogP contribution in [0.25, 0.3) is 0 Å². The molecule has 1 aromatic carbocycles. The van der Waals surface area contributed by atoms with Crippen LogP contribution in [-0.2, 0) is 15.6 Å². The summed E-state index contributed by atoms with van der Waals surface area (Å²) in [5.41, 5.74) is 1.63. The number of aliphatic imine (C=N–C) groups is 1. The lowest BCUT2D eigenvalue weighted by Crippen LogP contribution is -2.50. The van der Waals surface area contributed by atoms with Crippen LogP contribution in [0.2, 0.25) is 5.02 Å². The van der Waals surface area contributed by atoms with E-state index in [1.165, 1.54) is 18.3 Å². The van der Waals surface area contributed by atoms with Crippen molar-refractivity contribution in [2.45, 2.75) is 12.5 Å². The molecule has 0 unspecified atom stereocenters. The molecule has 160 valence electrons. The molecule has 1 aliphatic rings. The third-order valence-corrected chi connectivity index (χ3v) is 6.64. The summed E-state index contributed by atoms with van der Waals surface area (Å²) < 4.78 is 69.3. The van der Waals surface area contributed by atoms with Crippen molar-refractivity contribution in [3.8, 4) is 0 Å². The van der Waals surface area contributed by atoms with Gasteiger partial charge in [0.25, 0.3) is 5.91 Å². The number of aromatic nitrogens is 1. The minimum absolute atomic E-state index is 0.166. The average molecular weight is 462 g/mol. The van der Waals surface area contributed by atoms with Gasteiger partial charge in [0.15, 0.2) is 17.5 Å². The lowest BCUT2D eigenvalue weighted by molar-refractivity contribution is 0.102. The quantitative estimate of drug-likeness (QED) is 0.679. The molecule has 3 N–H and O–H groups in total. The minimum atomic E-state index is -4.08. The maximum Gasteiger partial charge on any atom is 0.274 e. The van der Waals surface area contributed by atoms with Gasteiger partial charge in [-0.3, -0.25) is 4.79 Å². The Morgan fingerprint density at radius 1 is 1.30 bits per heavy atom. The number of hydrogen-bond acceptors (Lipinski definition) is 6. The topological polar surface area (TPSA) is 118 Å².